The van der Waals surface area contributed by atoms with Crippen LogP contribution in [0.15, 0.2) is 47.6 Å². The van der Waals surface area contributed by atoms with Crippen molar-refractivity contribution in [2.45, 2.75) is 0 Å². The van der Waals surface area contributed by atoms with Gasteiger partial charge in [-0.25, -0.2) is 13.8 Å². The lowest BCUT2D eigenvalue weighted by atomic mass is 10.2. The van der Waals surface area contributed by atoms with Gasteiger partial charge in [0.25, 0.3) is 5.91 Å². The summed E-state index contributed by atoms with van der Waals surface area (Å²) >= 11 is 0. The maximum atomic E-state index is 12.3. The Morgan fingerprint density at radius 3 is 2.21 bits per heavy atom. The van der Waals surface area contributed by atoms with E-state index in [4.69, 9.17) is 14.2 Å². The summed E-state index contributed by atoms with van der Waals surface area (Å²) in [4.78, 5) is 12.3. The normalized spacial score (nSPS) is 11.2. The molecule has 2 rings (SSSR count). The smallest absolute Gasteiger partial charge is 0.260 e. The number of carbonyl (C=O) groups is 1. The first-order valence-electron chi connectivity index (χ1n) is 8.44. The highest BCUT2D eigenvalue weighted by atomic mass is 32.2. The second-order valence-electron chi connectivity index (χ2n) is 5.87. The summed E-state index contributed by atoms with van der Waals surface area (Å²) < 4.78 is 40.7. The van der Waals surface area contributed by atoms with Crippen LogP contribution < -0.4 is 23.9 Å². The number of amides is 1. The predicted molar refractivity (Wildman–Crippen MR) is 110 cm³/mol. The molecule has 9 nitrogen and oxygen atoms in total. The Kier molecular flexibility index (Phi) is 7.43. The highest BCUT2D eigenvalue weighted by Crippen LogP contribution is 2.22. The van der Waals surface area contributed by atoms with Crippen LogP contribution in [0.4, 0.5) is 5.69 Å². The van der Waals surface area contributed by atoms with Gasteiger partial charge in [0.15, 0.2) is 0 Å². The van der Waals surface area contributed by atoms with E-state index in [0.717, 1.165) is 10.6 Å². The lowest BCUT2D eigenvalue weighted by Crippen LogP contribution is -2.39. The van der Waals surface area contributed by atoms with E-state index in [-0.39, 0.29) is 0 Å². The average Bonchev–Trinajstić information content (AvgIpc) is 2.71. The van der Waals surface area contributed by atoms with E-state index >= 15 is 0 Å². The fraction of sp³-hybridized carbons (Fsp3) is 0.263. The first-order valence-corrected chi connectivity index (χ1v) is 10.3. The Hall–Kier alpha value is -3.27. The number of sulfonamides is 1. The number of hydrogen-bond donors (Lipinski definition) is 1. The van der Waals surface area contributed by atoms with Crippen LogP contribution in [-0.4, -0.2) is 54.7 Å². The highest BCUT2D eigenvalue weighted by Gasteiger charge is 2.20. The molecule has 0 radical (unpaired) electrons. The number of nitrogens with one attached hydrogen (secondary N) is 1. The zero-order valence-corrected chi connectivity index (χ0v) is 17.4. The molecule has 0 unspecified atom stereocenters. The van der Waals surface area contributed by atoms with Gasteiger partial charge in [0, 0.05) is 5.56 Å². The minimum Gasteiger partial charge on any atom is -0.497 e. The lowest BCUT2D eigenvalue weighted by Gasteiger charge is -2.21. The molecule has 10 heteroatoms. The molecule has 29 heavy (non-hydrogen) atoms. The third-order valence-corrected chi connectivity index (χ3v) is 5.02. The van der Waals surface area contributed by atoms with Crippen LogP contribution in [0.25, 0.3) is 0 Å². The summed E-state index contributed by atoms with van der Waals surface area (Å²) in [5, 5.41) is 3.88. The maximum Gasteiger partial charge on any atom is 0.260 e. The van der Waals surface area contributed by atoms with Gasteiger partial charge < -0.3 is 14.2 Å². The minimum atomic E-state index is -3.69. The molecule has 2 aromatic carbocycles. The van der Waals surface area contributed by atoms with Crippen molar-refractivity contribution in [3.8, 4) is 17.2 Å². The molecule has 0 aromatic heterocycles. The van der Waals surface area contributed by atoms with Gasteiger partial charge in [0.2, 0.25) is 10.0 Å². The van der Waals surface area contributed by atoms with Crippen LogP contribution in [0.1, 0.15) is 5.56 Å². The number of nitrogens with zero attached hydrogens (tertiary/aromatic N) is 2. The zero-order chi connectivity index (χ0) is 21.4. The Balaban J connectivity index is 2.12. The second kappa shape index (κ2) is 9.78. The Morgan fingerprint density at radius 2 is 1.66 bits per heavy atom. The van der Waals surface area contributed by atoms with Crippen LogP contribution in [0.3, 0.4) is 0 Å². The van der Waals surface area contributed by atoms with E-state index in [2.05, 4.69) is 10.5 Å². The van der Waals surface area contributed by atoms with E-state index in [0.29, 0.717) is 28.5 Å². The molecule has 0 spiro atoms. The summed E-state index contributed by atoms with van der Waals surface area (Å²) in [6.07, 6.45) is 2.41. The van der Waals surface area contributed by atoms with Gasteiger partial charge in [0.1, 0.15) is 23.8 Å². The molecular formula is C19H23N3O6S. The van der Waals surface area contributed by atoms with Crippen LogP contribution in [0.5, 0.6) is 17.2 Å². The summed E-state index contributed by atoms with van der Waals surface area (Å²) in [5.41, 5.74) is 3.24. The average molecular weight is 421 g/mol. The van der Waals surface area contributed by atoms with Gasteiger partial charge in [-0.2, -0.15) is 5.10 Å². The predicted octanol–water partition coefficient (Wildman–Crippen LogP) is 1.63. The first-order chi connectivity index (χ1) is 13.8. The molecule has 0 aliphatic heterocycles. The van der Waals surface area contributed by atoms with Gasteiger partial charge in [-0.05, 0) is 42.5 Å². The fourth-order valence-electron chi connectivity index (χ4n) is 2.43. The molecule has 0 saturated carbocycles. The molecule has 0 aliphatic carbocycles. The van der Waals surface area contributed by atoms with Gasteiger partial charge in [-0.15, -0.1) is 0 Å². The number of hydrogen-bond acceptors (Lipinski definition) is 7. The maximum absolute atomic E-state index is 12.3. The van der Waals surface area contributed by atoms with Gasteiger partial charge in [-0.1, -0.05) is 0 Å². The van der Waals surface area contributed by atoms with Gasteiger partial charge in [0.05, 0.1) is 39.5 Å². The number of methoxy groups -OCH3 is 3. The van der Waals surface area contributed by atoms with Crippen molar-refractivity contribution < 1.29 is 27.4 Å². The summed E-state index contributed by atoms with van der Waals surface area (Å²) in [5.74, 6) is 1.11. The molecule has 0 aliphatic rings. The Morgan fingerprint density at radius 1 is 1.03 bits per heavy atom. The molecule has 0 saturated heterocycles. The lowest BCUT2D eigenvalue weighted by molar-refractivity contribution is -0.119. The molecule has 0 fully saturated rings. The molecule has 1 N–H and O–H groups in total. The summed E-state index contributed by atoms with van der Waals surface area (Å²) in [6.45, 7) is -0.433. The monoisotopic (exact) mass is 421 g/mol. The fourth-order valence-corrected chi connectivity index (χ4v) is 3.28. The third kappa shape index (κ3) is 6.11. The van der Waals surface area contributed by atoms with Crippen molar-refractivity contribution in [1.29, 1.82) is 0 Å². The largest absolute Gasteiger partial charge is 0.497 e. The van der Waals surface area contributed by atoms with Crippen LogP contribution in [-0.2, 0) is 14.8 Å². The molecule has 0 heterocycles. The Bertz CT molecular complexity index is 974. The molecule has 1 amide bonds. The van der Waals surface area contributed by atoms with E-state index in [1.807, 2.05) is 0 Å². The van der Waals surface area contributed by atoms with Crippen molar-refractivity contribution >= 4 is 27.8 Å². The molecule has 156 valence electrons. The zero-order valence-electron chi connectivity index (χ0n) is 16.6. The van der Waals surface area contributed by atoms with Crippen LogP contribution >= 0.6 is 0 Å². The number of benzene rings is 2. The number of rotatable bonds is 9. The van der Waals surface area contributed by atoms with E-state index < -0.39 is 22.5 Å². The number of anilines is 1. The van der Waals surface area contributed by atoms with E-state index in [1.165, 1.54) is 27.5 Å². The van der Waals surface area contributed by atoms with Gasteiger partial charge in [-0.3, -0.25) is 9.10 Å². The molecular weight excluding hydrogens is 398 g/mol. The highest BCUT2D eigenvalue weighted by molar-refractivity contribution is 7.92. The number of hydrazone groups is 1. The van der Waals surface area contributed by atoms with Crippen molar-refractivity contribution in [2.24, 2.45) is 5.10 Å². The third-order valence-electron chi connectivity index (χ3n) is 3.88. The molecule has 0 atom stereocenters. The summed E-state index contributed by atoms with van der Waals surface area (Å²) in [7, 11) is 0.862. The van der Waals surface area contributed by atoms with E-state index in [1.54, 1.807) is 42.5 Å². The van der Waals surface area contributed by atoms with Crippen molar-refractivity contribution in [3.63, 3.8) is 0 Å². The van der Waals surface area contributed by atoms with Gasteiger partial charge >= 0.3 is 0 Å². The van der Waals surface area contributed by atoms with Crippen LogP contribution in [0.2, 0.25) is 0 Å². The Labute approximate surface area is 169 Å². The minimum absolute atomic E-state index is 0.335. The van der Waals surface area contributed by atoms with Crippen molar-refractivity contribution in [2.75, 3.05) is 38.4 Å². The molecule has 0 bridgehead atoms. The van der Waals surface area contributed by atoms with Crippen LogP contribution in [0, 0.1) is 0 Å². The summed E-state index contributed by atoms with van der Waals surface area (Å²) in [6, 6.07) is 11.5. The van der Waals surface area contributed by atoms with Crippen molar-refractivity contribution in [3.05, 3.63) is 48.0 Å². The molecule has 2 aromatic rings. The first kappa shape index (κ1) is 22.0. The standard InChI is InChI=1S/C19H23N3O6S/c1-26-16-7-5-15(6-8-16)22(29(4,24)25)13-19(23)21-20-12-14-11-17(27-2)9-10-18(14)28-3/h5-12H,13H2,1-4H3,(H,21,23)/b20-12-. The quantitative estimate of drug-likeness (QED) is 0.487. The van der Waals surface area contributed by atoms with E-state index in [9.17, 15) is 13.2 Å². The number of ether oxygens (including phenoxy) is 3. The second-order valence-corrected chi connectivity index (χ2v) is 7.78. The number of carbonyl (C=O) groups excluding carboxylic acids is 1. The SMILES string of the molecule is COc1ccc(N(CC(=O)N/N=C\c2cc(OC)ccc2OC)S(C)(=O)=O)cc1. The van der Waals surface area contributed by atoms with Crippen molar-refractivity contribution in [1.82, 2.24) is 5.43 Å². The topological polar surface area (TPSA) is 107 Å².